The molecule has 0 aliphatic carbocycles. The highest BCUT2D eigenvalue weighted by molar-refractivity contribution is 7.11. The molecule has 24 heavy (non-hydrogen) atoms. The van der Waals surface area contributed by atoms with Gasteiger partial charge in [-0.05, 0) is 55.0 Å². The van der Waals surface area contributed by atoms with Crippen molar-refractivity contribution < 1.29 is 9.59 Å². The predicted octanol–water partition coefficient (Wildman–Crippen LogP) is 3.78. The summed E-state index contributed by atoms with van der Waals surface area (Å²) in [7, 11) is 1.62. The molecule has 0 atom stereocenters. The molecule has 1 heterocycles. The fourth-order valence-corrected chi connectivity index (χ4v) is 3.13. The van der Waals surface area contributed by atoms with Gasteiger partial charge in [-0.15, -0.1) is 11.3 Å². The van der Waals surface area contributed by atoms with E-state index in [1.165, 1.54) is 11.0 Å². The van der Waals surface area contributed by atoms with Crippen molar-refractivity contribution in [2.45, 2.75) is 20.8 Å². The molecule has 1 aromatic carbocycles. The van der Waals surface area contributed by atoms with Crippen LogP contribution in [0.2, 0.25) is 0 Å². The van der Waals surface area contributed by atoms with E-state index in [1.54, 1.807) is 24.5 Å². The van der Waals surface area contributed by atoms with Gasteiger partial charge in [0.25, 0.3) is 0 Å². The zero-order chi connectivity index (χ0) is 17.7. The Labute approximate surface area is 146 Å². The van der Waals surface area contributed by atoms with Gasteiger partial charge < -0.3 is 10.2 Å². The second-order valence-corrected chi connectivity index (χ2v) is 6.76. The number of para-hydroxylation sites is 1. The minimum atomic E-state index is -0.205. The second-order valence-electron chi connectivity index (χ2n) is 5.81. The van der Waals surface area contributed by atoms with Crippen LogP contribution < -0.4 is 5.32 Å². The van der Waals surface area contributed by atoms with E-state index in [4.69, 9.17) is 0 Å². The second kappa shape index (κ2) is 7.93. The molecule has 2 aromatic rings. The molecule has 0 saturated carbocycles. The molecule has 0 fully saturated rings. The Kier molecular flexibility index (Phi) is 5.93. The Morgan fingerprint density at radius 3 is 2.38 bits per heavy atom. The molecule has 0 saturated heterocycles. The van der Waals surface area contributed by atoms with Crippen molar-refractivity contribution in [1.29, 1.82) is 0 Å². The van der Waals surface area contributed by atoms with E-state index in [2.05, 4.69) is 5.32 Å². The van der Waals surface area contributed by atoms with Crippen molar-refractivity contribution >= 4 is 34.9 Å². The van der Waals surface area contributed by atoms with Crippen LogP contribution in [0.15, 0.2) is 35.7 Å². The van der Waals surface area contributed by atoms with Crippen molar-refractivity contribution in [3.8, 4) is 0 Å². The molecule has 2 amide bonds. The van der Waals surface area contributed by atoms with Crippen molar-refractivity contribution in [3.63, 3.8) is 0 Å². The number of nitrogens with zero attached hydrogens (tertiary/aromatic N) is 1. The fourth-order valence-electron chi connectivity index (χ4n) is 2.31. The van der Waals surface area contributed by atoms with E-state index in [-0.39, 0.29) is 18.4 Å². The van der Waals surface area contributed by atoms with Crippen molar-refractivity contribution in [1.82, 2.24) is 4.90 Å². The van der Waals surface area contributed by atoms with Gasteiger partial charge >= 0.3 is 0 Å². The van der Waals surface area contributed by atoms with Gasteiger partial charge in [0.1, 0.15) is 0 Å². The molecule has 126 valence electrons. The predicted molar refractivity (Wildman–Crippen MR) is 100 cm³/mol. The first-order valence-electron chi connectivity index (χ1n) is 7.72. The topological polar surface area (TPSA) is 49.4 Å². The number of anilines is 1. The van der Waals surface area contributed by atoms with Crippen LogP contribution in [-0.2, 0) is 9.59 Å². The third kappa shape index (κ3) is 4.55. The highest BCUT2D eigenvalue weighted by Crippen LogP contribution is 2.19. The lowest BCUT2D eigenvalue weighted by atomic mass is 10.1. The number of carbonyl (C=O) groups is 2. The first-order chi connectivity index (χ1) is 11.4. The van der Waals surface area contributed by atoms with Crippen LogP contribution in [-0.4, -0.2) is 30.3 Å². The molecule has 0 aliphatic heterocycles. The lowest BCUT2D eigenvalue weighted by molar-refractivity contribution is -0.129. The number of rotatable bonds is 5. The van der Waals surface area contributed by atoms with Gasteiger partial charge in [0.15, 0.2) is 0 Å². The first kappa shape index (κ1) is 17.9. The maximum absolute atomic E-state index is 12.2. The van der Waals surface area contributed by atoms with Gasteiger partial charge in [-0.3, -0.25) is 9.59 Å². The van der Waals surface area contributed by atoms with Gasteiger partial charge in [-0.25, -0.2) is 0 Å². The quantitative estimate of drug-likeness (QED) is 0.841. The number of benzene rings is 1. The van der Waals surface area contributed by atoms with Crippen LogP contribution in [0, 0.1) is 20.8 Å². The molecular formula is C19H22N2O2S. The lowest BCUT2D eigenvalue weighted by Crippen LogP contribution is -2.34. The number of amides is 2. The molecule has 5 heteroatoms. The molecule has 0 aliphatic rings. The summed E-state index contributed by atoms with van der Waals surface area (Å²) in [5, 5.41) is 4.88. The lowest BCUT2D eigenvalue weighted by Gasteiger charge is -2.16. The van der Waals surface area contributed by atoms with Crippen molar-refractivity contribution in [2.24, 2.45) is 0 Å². The van der Waals surface area contributed by atoms with Crippen LogP contribution in [0.3, 0.4) is 0 Å². The van der Waals surface area contributed by atoms with Gasteiger partial charge in [0.2, 0.25) is 11.8 Å². The maximum Gasteiger partial charge on any atom is 0.246 e. The SMILES string of the molecule is Cc1ccsc1/C=C/C(=O)N(C)CC(=O)Nc1c(C)cccc1C. The molecule has 2 rings (SSSR count). The van der Waals surface area contributed by atoms with Crippen LogP contribution >= 0.6 is 11.3 Å². The average Bonchev–Trinajstić information content (AvgIpc) is 2.94. The van der Waals surface area contributed by atoms with E-state index >= 15 is 0 Å². The Morgan fingerprint density at radius 1 is 1.12 bits per heavy atom. The average molecular weight is 342 g/mol. The number of aryl methyl sites for hydroxylation is 3. The summed E-state index contributed by atoms with van der Waals surface area (Å²) in [6, 6.07) is 7.86. The Bertz CT molecular complexity index is 757. The zero-order valence-electron chi connectivity index (χ0n) is 14.4. The van der Waals surface area contributed by atoms with Gasteiger partial charge in [-0.1, -0.05) is 18.2 Å². The van der Waals surface area contributed by atoms with E-state index in [0.29, 0.717) is 0 Å². The largest absolute Gasteiger partial charge is 0.333 e. The molecule has 1 aromatic heterocycles. The first-order valence-corrected chi connectivity index (χ1v) is 8.60. The molecule has 0 unspecified atom stereocenters. The summed E-state index contributed by atoms with van der Waals surface area (Å²) in [5.74, 6) is -0.400. The number of hydrogen-bond acceptors (Lipinski definition) is 3. The summed E-state index contributed by atoms with van der Waals surface area (Å²) >= 11 is 1.59. The van der Waals surface area contributed by atoms with Gasteiger partial charge in [0.05, 0.1) is 6.54 Å². The van der Waals surface area contributed by atoms with E-state index in [1.807, 2.05) is 50.4 Å². The van der Waals surface area contributed by atoms with Crippen LogP contribution in [0.25, 0.3) is 6.08 Å². The normalized spacial score (nSPS) is 10.8. The number of carbonyl (C=O) groups excluding carboxylic acids is 2. The standard InChI is InChI=1S/C19H22N2O2S/c1-13-10-11-24-16(13)8-9-18(23)21(4)12-17(22)20-19-14(2)6-5-7-15(19)3/h5-11H,12H2,1-4H3,(H,20,22)/b9-8+. The third-order valence-electron chi connectivity index (χ3n) is 3.78. The van der Waals surface area contributed by atoms with Crippen LogP contribution in [0.5, 0.6) is 0 Å². The number of likely N-dealkylation sites (N-methyl/N-ethyl adjacent to an activating group) is 1. The van der Waals surface area contributed by atoms with Crippen molar-refractivity contribution in [3.05, 3.63) is 57.3 Å². The monoisotopic (exact) mass is 342 g/mol. The van der Waals surface area contributed by atoms with E-state index in [0.717, 1.165) is 27.3 Å². The highest BCUT2D eigenvalue weighted by atomic mass is 32.1. The molecule has 0 radical (unpaired) electrons. The third-order valence-corrected chi connectivity index (χ3v) is 4.77. The Hall–Kier alpha value is -2.40. The number of thiophene rings is 1. The smallest absolute Gasteiger partial charge is 0.246 e. The van der Waals surface area contributed by atoms with E-state index in [9.17, 15) is 9.59 Å². The summed E-state index contributed by atoms with van der Waals surface area (Å²) in [4.78, 5) is 26.8. The molecular weight excluding hydrogens is 320 g/mol. The summed E-state index contributed by atoms with van der Waals surface area (Å²) in [6.45, 7) is 5.91. The zero-order valence-corrected chi connectivity index (χ0v) is 15.2. The van der Waals surface area contributed by atoms with Crippen molar-refractivity contribution in [2.75, 3.05) is 18.9 Å². The Morgan fingerprint density at radius 2 is 1.79 bits per heavy atom. The van der Waals surface area contributed by atoms with Crippen LogP contribution in [0.1, 0.15) is 21.6 Å². The van der Waals surface area contributed by atoms with Crippen LogP contribution in [0.4, 0.5) is 5.69 Å². The highest BCUT2D eigenvalue weighted by Gasteiger charge is 2.12. The molecule has 1 N–H and O–H groups in total. The van der Waals surface area contributed by atoms with E-state index < -0.39 is 0 Å². The Balaban J connectivity index is 1.95. The maximum atomic E-state index is 12.2. The number of hydrogen-bond donors (Lipinski definition) is 1. The fraction of sp³-hybridized carbons (Fsp3) is 0.263. The minimum Gasteiger partial charge on any atom is -0.333 e. The summed E-state index contributed by atoms with van der Waals surface area (Å²) in [5.41, 5.74) is 3.96. The molecule has 4 nitrogen and oxygen atoms in total. The summed E-state index contributed by atoms with van der Waals surface area (Å²) in [6.07, 6.45) is 3.30. The molecule has 0 spiro atoms. The van der Waals surface area contributed by atoms with Gasteiger partial charge in [-0.2, -0.15) is 0 Å². The summed E-state index contributed by atoms with van der Waals surface area (Å²) < 4.78 is 0. The number of nitrogens with one attached hydrogen (secondary N) is 1. The molecule has 0 bridgehead atoms. The minimum absolute atomic E-state index is 0.0143. The van der Waals surface area contributed by atoms with Gasteiger partial charge in [0, 0.05) is 23.7 Å².